The van der Waals surface area contributed by atoms with E-state index in [9.17, 15) is 5.11 Å². The Hall–Kier alpha value is -0.240. The zero-order valence-corrected chi connectivity index (χ0v) is 15.3. The first-order valence-electron chi connectivity index (χ1n) is 8.47. The topological polar surface area (TPSA) is 36.4 Å². The van der Waals surface area contributed by atoms with E-state index in [1.165, 1.54) is 0 Å². The van der Waals surface area contributed by atoms with Crippen LogP contribution < -0.4 is 0 Å². The lowest BCUT2D eigenvalue weighted by molar-refractivity contribution is 0.0764. The van der Waals surface area contributed by atoms with Gasteiger partial charge in [0, 0.05) is 65.4 Å². The molecule has 1 N–H and O–H groups in total. The highest BCUT2D eigenvalue weighted by Crippen LogP contribution is 2.00. The highest BCUT2D eigenvalue weighted by atomic mass is 16.3. The Labute approximate surface area is 137 Å². The fraction of sp³-hybridized carbons (Fsp3) is 1.00. The molecule has 1 unspecified atom stereocenters. The first-order valence-corrected chi connectivity index (χ1v) is 8.47. The average molecular weight is 316 g/mol. The third kappa shape index (κ3) is 9.02. The van der Waals surface area contributed by atoms with Crippen molar-refractivity contribution in [3.63, 3.8) is 0 Å². The van der Waals surface area contributed by atoms with Gasteiger partial charge in [0.05, 0.1) is 6.10 Å². The lowest BCUT2D eigenvalue weighted by Gasteiger charge is -2.28. The minimum atomic E-state index is -0.275. The number of nitrogens with zero attached hydrogens (tertiary/aromatic N) is 5. The van der Waals surface area contributed by atoms with Gasteiger partial charge in [-0.2, -0.15) is 0 Å². The minimum Gasteiger partial charge on any atom is -0.390 e. The molecule has 0 saturated carbocycles. The standard InChI is InChI=1S/C16H37N5O/c1-17(2)6-7-20(5)14-16(22)15-21-12-10-18(3)8-9-19(4)11-13-21/h16,22H,6-15H2,1-5H3. The lowest BCUT2D eigenvalue weighted by atomic mass is 10.3. The maximum Gasteiger partial charge on any atom is 0.0793 e. The average Bonchev–Trinajstić information content (AvgIpc) is 2.51. The molecule has 0 amide bonds. The highest BCUT2D eigenvalue weighted by Gasteiger charge is 2.16. The Kier molecular flexibility index (Phi) is 9.47. The number of likely N-dealkylation sites (N-methyl/N-ethyl adjacent to an activating group) is 4. The fourth-order valence-corrected chi connectivity index (χ4v) is 2.66. The summed E-state index contributed by atoms with van der Waals surface area (Å²) in [6.07, 6.45) is -0.275. The predicted octanol–water partition coefficient (Wildman–Crippen LogP) is -0.980. The third-order valence-electron chi connectivity index (χ3n) is 4.38. The molecule has 1 heterocycles. The van der Waals surface area contributed by atoms with Crippen molar-refractivity contribution in [2.24, 2.45) is 0 Å². The molecular formula is C16H37N5O. The summed E-state index contributed by atoms with van der Waals surface area (Å²) in [7, 11) is 10.6. The summed E-state index contributed by atoms with van der Waals surface area (Å²) in [5, 5.41) is 10.4. The summed E-state index contributed by atoms with van der Waals surface area (Å²) >= 11 is 0. The fourth-order valence-electron chi connectivity index (χ4n) is 2.66. The molecule has 0 radical (unpaired) electrons. The largest absolute Gasteiger partial charge is 0.390 e. The van der Waals surface area contributed by atoms with Gasteiger partial charge in [-0.15, -0.1) is 0 Å². The SMILES string of the molecule is CN(C)CCN(C)CC(O)CN1CCN(C)CCN(C)CC1. The number of β-amino-alcohol motifs (C(OH)–C–C–N with tert-alkyl or cyclic N) is 1. The van der Waals surface area contributed by atoms with E-state index in [-0.39, 0.29) is 6.10 Å². The van der Waals surface area contributed by atoms with E-state index >= 15 is 0 Å². The van der Waals surface area contributed by atoms with Crippen molar-refractivity contribution in [3.05, 3.63) is 0 Å². The molecule has 1 atom stereocenters. The van der Waals surface area contributed by atoms with Crippen LogP contribution in [0.1, 0.15) is 0 Å². The zero-order valence-electron chi connectivity index (χ0n) is 15.3. The van der Waals surface area contributed by atoms with Crippen LogP contribution in [0.5, 0.6) is 0 Å². The van der Waals surface area contributed by atoms with Crippen LogP contribution in [0, 0.1) is 0 Å². The van der Waals surface area contributed by atoms with Crippen LogP contribution in [-0.2, 0) is 0 Å². The Bertz CT molecular complexity index is 276. The summed E-state index contributed by atoms with van der Waals surface area (Å²) in [6.45, 7) is 10.0. The van der Waals surface area contributed by atoms with Crippen molar-refractivity contribution in [3.8, 4) is 0 Å². The molecule has 0 aromatic carbocycles. The van der Waals surface area contributed by atoms with Gasteiger partial charge in [-0.25, -0.2) is 0 Å². The molecule has 1 aliphatic rings. The number of aliphatic hydroxyl groups is 1. The van der Waals surface area contributed by atoms with Crippen LogP contribution >= 0.6 is 0 Å². The van der Waals surface area contributed by atoms with Gasteiger partial charge in [0.1, 0.15) is 0 Å². The van der Waals surface area contributed by atoms with Gasteiger partial charge >= 0.3 is 0 Å². The van der Waals surface area contributed by atoms with Gasteiger partial charge in [-0.05, 0) is 35.2 Å². The van der Waals surface area contributed by atoms with Gasteiger partial charge < -0.3 is 24.7 Å². The second-order valence-electron chi connectivity index (χ2n) is 7.13. The smallest absolute Gasteiger partial charge is 0.0793 e. The van der Waals surface area contributed by atoms with Crippen molar-refractivity contribution in [2.45, 2.75) is 6.10 Å². The molecule has 6 nitrogen and oxygen atoms in total. The monoisotopic (exact) mass is 315 g/mol. The van der Waals surface area contributed by atoms with Gasteiger partial charge in [0.25, 0.3) is 0 Å². The van der Waals surface area contributed by atoms with Crippen LogP contribution in [0.25, 0.3) is 0 Å². The van der Waals surface area contributed by atoms with E-state index in [0.29, 0.717) is 0 Å². The minimum absolute atomic E-state index is 0.275. The lowest BCUT2D eigenvalue weighted by Crippen LogP contribution is -2.43. The second-order valence-corrected chi connectivity index (χ2v) is 7.13. The van der Waals surface area contributed by atoms with Crippen LogP contribution in [0.3, 0.4) is 0 Å². The van der Waals surface area contributed by atoms with Crippen LogP contribution in [0.2, 0.25) is 0 Å². The van der Waals surface area contributed by atoms with Gasteiger partial charge in [-0.1, -0.05) is 0 Å². The first kappa shape index (κ1) is 19.8. The highest BCUT2D eigenvalue weighted by molar-refractivity contribution is 4.72. The number of rotatable bonds is 7. The third-order valence-corrected chi connectivity index (χ3v) is 4.38. The van der Waals surface area contributed by atoms with E-state index in [4.69, 9.17) is 0 Å². The Morgan fingerprint density at radius 1 is 0.864 bits per heavy atom. The summed E-state index contributed by atoms with van der Waals surface area (Å²) < 4.78 is 0. The Morgan fingerprint density at radius 3 is 1.86 bits per heavy atom. The maximum absolute atomic E-state index is 10.4. The molecule has 0 aromatic rings. The molecule has 22 heavy (non-hydrogen) atoms. The molecule has 0 aliphatic carbocycles. The molecule has 0 spiro atoms. The number of hydrogen-bond donors (Lipinski definition) is 1. The molecule has 132 valence electrons. The van der Waals surface area contributed by atoms with E-state index < -0.39 is 0 Å². The van der Waals surface area contributed by atoms with Crippen molar-refractivity contribution in [2.75, 3.05) is 101 Å². The Morgan fingerprint density at radius 2 is 1.36 bits per heavy atom. The second kappa shape index (κ2) is 10.5. The summed E-state index contributed by atoms with van der Waals surface area (Å²) in [5.74, 6) is 0. The zero-order chi connectivity index (χ0) is 16.5. The predicted molar refractivity (Wildman–Crippen MR) is 93.5 cm³/mol. The van der Waals surface area contributed by atoms with Crippen LogP contribution in [0.15, 0.2) is 0 Å². The Balaban J connectivity index is 2.35. The molecule has 6 heteroatoms. The molecular weight excluding hydrogens is 278 g/mol. The molecule has 1 saturated heterocycles. The summed E-state index contributed by atoms with van der Waals surface area (Å²) in [5.41, 5.74) is 0. The summed E-state index contributed by atoms with van der Waals surface area (Å²) in [6, 6.07) is 0. The van der Waals surface area contributed by atoms with Gasteiger partial charge in [0.2, 0.25) is 0 Å². The number of hydrogen-bond acceptors (Lipinski definition) is 6. The quantitative estimate of drug-likeness (QED) is 0.651. The van der Waals surface area contributed by atoms with Gasteiger partial charge in [-0.3, -0.25) is 4.90 Å². The van der Waals surface area contributed by atoms with Crippen molar-refractivity contribution in [1.82, 2.24) is 24.5 Å². The van der Waals surface area contributed by atoms with Crippen molar-refractivity contribution in [1.29, 1.82) is 0 Å². The summed E-state index contributed by atoms with van der Waals surface area (Å²) in [4.78, 5) is 11.6. The van der Waals surface area contributed by atoms with Gasteiger partial charge in [0.15, 0.2) is 0 Å². The molecule has 1 rings (SSSR count). The van der Waals surface area contributed by atoms with Crippen LogP contribution in [-0.4, -0.2) is 136 Å². The molecule has 1 fully saturated rings. The maximum atomic E-state index is 10.4. The van der Waals surface area contributed by atoms with Crippen molar-refractivity contribution >= 4 is 0 Å². The van der Waals surface area contributed by atoms with E-state index in [1.54, 1.807) is 0 Å². The molecule has 1 aliphatic heterocycles. The van der Waals surface area contributed by atoms with E-state index in [2.05, 4.69) is 59.7 Å². The first-order chi connectivity index (χ1) is 10.4. The van der Waals surface area contributed by atoms with E-state index in [0.717, 1.165) is 65.4 Å². The van der Waals surface area contributed by atoms with E-state index in [1.807, 2.05) is 0 Å². The van der Waals surface area contributed by atoms with Crippen LogP contribution in [0.4, 0.5) is 0 Å². The normalized spacial score (nSPS) is 21.8. The molecule has 0 aromatic heterocycles. The molecule has 0 bridgehead atoms. The van der Waals surface area contributed by atoms with Crippen molar-refractivity contribution < 1.29 is 5.11 Å². The number of aliphatic hydroxyl groups excluding tert-OH is 1.